The lowest BCUT2D eigenvalue weighted by molar-refractivity contribution is -0.116. The molecule has 3 aromatic rings. The predicted molar refractivity (Wildman–Crippen MR) is 101 cm³/mol. The van der Waals surface area contributed by atoms with Crippen molar-refractivity contribution in [3.8, 4) is 11.8 Å². The van der Waals surface area contributed by atoms with Crippen molar-refractivity contribution < 1.29 is 13.9 Å². The van der Waals surface area contributed by atoms with Gasteiger partial charge >= 0.3 is 6.01 Å². The molecule has 0 fully saturated rings. The number of benzene rings is 2. The summed E-state index contributed by atoms with van der Waals surface area (Å²) in [6.45, 7) is 3.49. The zero-order chi connectivity index (χ0) is 19.2. The quantitative estimate of drug-likeness (QED) is 0.694. The van der Waals surface area contributed by atoms with Crippen LogP contribution in [0.5, 0.6) is 11.8 Å². The monoisotopic (exact) mass is 365 g/mol. The topological polar surface area (TPSA) is 64.1 Å². The summed E-state index contributed by atoms with van der Waals surface area (Å²) in [5, 5.41) is 2.86. The third kappa shape index (κ3) is 4.88. The highest BCUT2D eigenvalue weighted by molar-refractivity contribution is 5.91. The van der Waals surface area contributed by atoms with Crippen molar-refractivity contribution in [1.82, 2.24) is 9.97 Å². The summed E-state index contributed by atoms with van der Waals surface area (Å²) < 4.78 is 19.1. The van der Waals surface area contributed by atoms with E-state index in [0.717, 1.165) is 5.56 Å². The second kappa shape index (κ2) is 8.40. The van der Waals surface area contributed by atoms with Crippen molar-refractivity contribution in [1.29, 1.82) is 0 Å². The van der Waals surface area contributed by atoms with Crippen LogP contribution in [0, 0.1) is 19.7 Å². The number of hydrogen-bond acceptors (Lipinski definition) is 4. The highest BCUT2D eigenvalue weighted by Crippen LogP contribution is 2.25. The van der Waals surface area contributed by atoms with Crippen LogP contribution in [0.15, 0.2) is 54.6 Å². The number of aromatic nitrogens is 2. The summed E-state index contributed by atoms with van der Waals surface area (Å²) in [6, 6.07) is 15.9. The van der Waals surface area contributed by atoms with E-state index in [1.165, 1.54) is 12.1 Å². The van der Waals surface area contributed by atoms with Crippen LogP contribution in [0.2, 0.25) is 0 Å². The SMILES string of the molecule is Cc1nc(Oc2ccccc2F)nc(C)c1NC(=O)CCc1ccccc1. The molecule has 0 atom stereocenters. The fourth-order valence-corrected chi connectivity index (χ4v) is 2.64. The van der Waals surface area contributed by atoms with E-state index in [-0.39, 0.29) is 17.7 Å². The molecule has 2 aromatic carbocycles. The number of rotatable bonds is 6. The van der Waals surface area contributed by atoms with E-state index in [1.54, 1.807) is 26.0 Å². The van der Waals surface area contributed by atoms with Crippen LogP contribution in [0.1, 0.15) is 23.4 Å². The molecule has 0 aliphatic rings. The number of carbonyl (C=O) groups is 1. The Morgan fingerprint density at radius 3 is 2.30 bits per heavy atom. The first-order valence-corrected chi connectivity index (χ1v) is 8.64. The molecule has 6 heteroatoms. The minimum absolute atomic E-state index is 0.0392. The number of nitrogens with one attached hydrogen (secondary N) is 1. The second-order valence-corrected chi connectivity index (χ2v) is 6.12. The Kier molecular flexibility index (Phi) is 5.76. The van der Waals surface area contributed by atoms with E-state index >= 15 is 0 Å². The van der Waals surface area contributed by atoms with E-state index in [4.69, 9.17) is 4.74 Å². The number of carbonyl (C=O) groups excluding carboxylic acids is 1. The van der Waals surface area contributed by atoms with E-state index < -0.39 is 5.82 Å². The van der Waals surface area contributed by atoms with Crippen molar-refractivity contribution in [2.24, 2.45) is 0 Å². The zero-order valence-electron chi connectivity index (χ0n) is 15.2. The summed E-state index contributed by atoms with van der Waals surface area (Å²) in [6.07, 6.45) is 1.01. The fraction of sp³-hybridized carbons (Fsp3) is 0.190. The van der Waals surface area contributed by atoms with Crippen molar-refractivity contribution in [2.75, 3.05) is 5.32 Å². The van der Waals surface area contributed by atoms with Gasteiger partial charge in [0, 0.05) is 6.42 Å². The molecule has 0 saturated carbocycles. The average molecular weight is 365 g/mol. The van der Waals surface area contributed by atoms with E-state index in [9.17, 15) is 9.18 Å². The molecule has 1 amide bonds. The molecular weight excluding hydrogens is 345 g/mol. The summed E-state index contributed by atoms with van der Waals surface area (Å²) >= 11 is 0. The summed E-state index contributed by atoms with van der Waals surface area (Å²) in [7, 11) is 0. The first-order chi connectivity index (χ1) is 13.0. The van der Waals surface area contributed by atoms with Crippen molar-refractivity contribution in [2.45, 2.75) is 26.7 Å². The van der Waals surface area contributed by atoms with E-state index in [0.29, 0.717) is 29.9 Å². The standard InChI is InChI=1S/C21H20FN3O2/c1-14-20(25-19(26)13-12-16-8-4-3-5-9-16)15(2)24-21(23-14)27-18-11-7-6-10-17(18)22/h3-11H,12-13H2,1-2H3,(H,25,26). The van der Waals surface area contributed by atoms with Gasteiger partial charge in [-0.2, -0.15) is 9.97 Å². The third-order valence-corrected chi connectivity index (χ3v) is 4.04. The van der Waals surface area contributed by atoms with Gasteiger partial charge in [-0.05, 0) is 38.0 Å². The molecule has 3 rings (SSSR count). The minimum Gasteiger partial charge on any atom is -0.421 e. The predicted octanol–water partition coefficient (Wildman–Crippen LogP) is 4.60. The molecular formula is C21H20FN3O2. The van der Waals surface area contributed by atoms with Crippen molar-refractivity contribution >= 4 is 11.6 Å². The molecule has 27 heavy (non-hydrogen) atoms. The van der Waals surface area contributed by atoms with Gasteiger partial charge in [0.25, 0.3) is 0 Å². The second-order valence-electron chi connectivity index (χ2n) is 6.12. The Morgan fingerprint density at radius 2 is 1.63 bits per heavy atom. The number of amides is 1. The maximum absolute atomic E-state index is 13.7. The van der Waals surface area contributed by atoms with Gasteiger partial charge in [-0.3, -0.25) is 4.79 Å². The summed E-state index contributed by atoms with van der Waals surface area (Å²) in [5.41, 5.74) is 2.77. The first-order valence-electron chi connectivity index (χ1n) is 8.64. The Labute approximate surface area is 157 Å². The lowest BCUT2D eigenvalue weighted by atomic mass is 10.1. The van der Waals surface area contributed by atoms with Crippen LogP contribution < -0.4 is 10.1 Å². The fourth-order valence-electron chi connectivity index (χ4n) is 2.64. The molecule has 138 valence electrons. The van der Waals surface area contributed by atoms with Gasteiger partial charge in [-0.25, -0.2) is 4.39 Å². The maximum atomic E-state index is 13.7. The maximum Gasteiger partial charge on any atom is 0.322 e. The number of anilines is 1. The molecule has 1 heterocycles. The van der Waals surface area contributed by atoms with Gasteiger partial charge in [-0.15, -0.1) is 0 Å². The number of para-hydroxylation sites is 1. The Morgan fingerprint density at radius 1 is 1.00 bits per heavy atom. The Hall–Kier alpha value is -3.28. The molecule has 0 bridgehead atoms. The summed E-state index contributed by atoms with van der Waals surface area (Å²) in [4.78, 5) is 20.7. The van der Waals surface area contributed by atoms with E-state index in [2.05, 4.69) is 15.3 Å². The van der Waals surface area contributed by atoms with Gasteiger partial charge < -0.3 is 10.1 Å². The number of halogens is 1. The first kappa shape index (κ1) is 18.5. The molecule has 0 saturated heterocycles. The molecule has 0 aliphatic carbocycles. The third-order valence-electron chi connectivity index (χ3n) is 4.04. The smallest absolute Gasteiger partial charge is 0.322 e. The van der Waals surface area contributed by atoms with Crippen LogP contribution in [-0.2, 0) is 11.2 Å². The van der Waals surface area contributed by atoms with Crippen LogP contribution in [0.3, 0.4) is 0 Å². The van der Waals surface area contributed by atoms with Gasteiger partial charge in [-0.1, -0.05) is 42.5 Å². The number of nitrogens with zero attached hydrogens (tertiary/aromatic N) is 2. The van der Waals surface area contributed by atoms with Gasteiger partial charge in [0.2, 0.25) is 5.91 Å². The normalized spacial score (nSPS) is 10.5. The average Bonchev–Trinajstić information content (AvgIpc) is 2.66. The lowest BCUT2D eigenvalue weighted by Gasteiger charge is -2.12. The van der Waals surface area contributed by atoms with Crippen molar-refractivity contribution in [3.05, 3.63) is 77.4 Å². The van der Waals surface area contributed by atoms with Gasteiger partial charge in [0.1, 0.15) is 0 Å². The summed E-state index contributed by atoms with van der Waals surface area (Å²) in [5.74, 6) is -0.554. The minimum atomic E-state index is -0.491. The van der Waals surface area contributed by atoms with Crippen LogP contribution in [0.4, 0.5) is 10.1 Å². The number of hydrogen-bond donors (Lipinski definition) is 1. The molecule has 0 radical (unpaired) electrons. The number of aryl methyl sites for hydroxylation is 3. The molecule has 0 aliphatic heterocycles. The van der Waals surface area contributed by atoms with Crippen LogP contribution >= 0.6 is 0 Å². The van der Waals surface area contributed by atoms with Crippen LogP contribution in [0.25, 0.3) is 0 Å². The van der Waals surface area contributed by atoms with Crippen molar-refractivity contribution in [3.63, 3.8) is 0 Å². The van der Waals surface area contributed by atoms with Crippen LogP contribution in [-0.4, -0.2) is 15.9 Å². The van der Waals surface area contributed by atoms with Gasteiger partial charge in [0.05, 0.1) is 17.1 Å². The molecule has 1 aromatic heterocycles. The van der Waals surface area contributed by atoms with E-state index in [1.807, 2.05) is 30.3 Å². The van der Waals surface area contributed by atoms with Gasteiger partial charge in [0.15, 0.2) is 11.6 Å². The molecule has 5 nitrogen and oxygen atoms in total. The Balaban J connectivity index is 1.67. The number of ether oxygens (including phenoxy) is 1. The highest BCUT2D eigenvalue weighted by Gasteiger charge is 2.14. The zero-order valence-corrected chi connectivity index (χ0v) is 15.2. The molecule has 1 N–H and O–H groups in total. The highest BCUT2D eigenvalue weighted by atomic mass is 19.1. The largest absolute Gasteiger partial charge is 0.421 e. The Bertz CT molecular complexity index is 922. The molecule has 0 unspecified atom stereocenters. The molecule has 0 spiro atoms. The lowest BCUT2D eigenvalue weighted by Crippen LogP contribution is -2.15.